The van der Waals surface area contributed by atoms with Crippen molar-refractivity contribution in [1.82, 2.24) is 9.97 Å². The molecular weight excluding hydrogens is 448 g/mol. The van der Waals surface area contributed by atoms with Crippen molar-refractivity contribution in [2.24, 2.45) is 0 Å². The Bertz CT molecular complexity index is 1410. The van der Waals surface area contributed by atoms with Gasteiger partial charge in [-0.05, 0) is 61.4 Å². The number of fused-ring (bicyclic) bond motifs is 2. The van der Waals surface area contributed by atoms with Crippen molar-refractivity contribution in [3.63, 3.8) is 0 Å². The van der Waals surface area contributed by atoms with E-state index < -0.39 is 0 Å². The SMILES string of the molecule is CC[N+](C)(CC)Cc1ccc(C2=C/C(=C\c3nc4ncccc4o3)c3cc(OC)ccc3N2C)cc1. The minimum absolute atomic E-state index is 0.527. The molecule has 6 nitrogen and oxygen atoms in total. The molecule has 0 atom stereocenters. The van der Waals surface area contributed by atoms with Crippen LogP contribution in [0.25, 0.3) is 28.6 Å². The van der Waals surface area contributed by atoms with Crippen LogP contribution in [-0.4, -0.2) is 48.7 Å². The van der Waals surface area contributed by atoms with Crippen LogP contribution >= 0.6 is 0 Å². The number of quaternary nitrogens is 1. The lowest BCUT2D eigenvalue weighted by Crippen LogP contribution is -2.42. The number of hydrogen-bond acceptors (Lipinski definition) is 5. The number of anilines is 1. The molecule has 0 saturated carbocycles. The molecule has 0 unspecified atom stereocenters. The summed E-state index contributed by atoms with van der Waals surface area (Å²) in [5.74, 6) is 1.33. The van der Waals surface area contributed by atoms with Gasteiger partial charge in [0.15, 0.2) is 11.2 Å². The second kappa shape index (κ2) is 9.63. The summed E-state index contributed by atoms with van der Waals surface area (Å²) in [6.45, 7) is 7.78. The zero-order valence-corrected chi connectivity index (χ0v) is 21.7. The number of oxazole rings is 1. The lowest BCUT2D eigenvalue weighted by atomic mass is 9.94. The average molecular weight is 482 g/mol. The molecule has 2 aromatic heterocycles. The molecule has 0 bridgehead atoms. The van der Waals surface area contributed by atoms with E-state index >= 15 is 0 Å². The molecule has 3 heterocycles. The Morgan fingerprint density at radius 2 is 1.83 bits per heavy atom. The van der Waals surface area contributed by atoms with Gasteiger partial charge in [0.25, 0.3) is 0 Å². The molecule has 2 aromatic carbocycles. The summed E-state index contributed by atoms with van der Waals surface area (Å²) in [5.41, 5.74) is 8.07. The zero-order valence-electron chi connectivity index (χ0n) is 21.7. The van der Waals surface area contributed by atoms with Crippen LogP contribution in [0.1, 0.15) is 36.4 Å². The summed E-state index contributed by atoms with van der Waals surface area (Å²) in [6, 6.07) is 18.8. The molecule has 6 heteroatoms. The molecule has 0 saturated heterocycles. The summed E-state index contributed by atoms with van der Waals surface area (Å²) in [6.07, 6.45) is 5.89. The molecule has 0 spiro atoms. The third-order valence-corrected chi connectivity index (χ3v) is 7.33. The van der Waals surface area contributed by atoms with Crippen LogP contribution in [-0.2, 0) is 6.54 Å². The lowest BCUT2D eigenvalue weighted by molar-refractivity contribution is -0.919. The van der Waals surface area contributed by atoms with E-state index in [1.54, 1.807) is 13.3 Å². The minimum Gasteiger partial charge on any atom is -0.497 e. The van der Waals surface area contributed by atoms with Gasteiger partial charge in [0.05, 0.1) is 27.2 Å². The maximum absolute atomic E-state index is 5.97. The van der Waals surface area contributed by atoms with E-state index in [0.29, 0.717) is 17.1 Å². The third-order valence-electron chi connectivity index (χ3n) is 7.33. The van der Waals surface area contributed by atoms with E-state index in [-0.39, 0.29) is 0 Å². The monoisotopic (exact) mass is 481 g/mol. The average Bonchev–Trinajstić information content (AvgIpc) is 3.33. The van der Waals surface area contributed by atoms with Gasteiger partial charge in [0.1, 0.15) is 12.3 Å². The number of nitrogens with zero attached hydrogens (tertiary/aromatic N) is 4. The van der Waals surface area contributed by atoms with E-state index in [4.69, 9.17) is 9.15 Å². The number of benzene rings is 2. The van der Waals surface area contributed by atoms with E-state index in [2.05, 4.69) is 85.3 Å². The standard InChI is InChI=1S/C30H33N4O2/c1-6-34(4,7-2)20-21-10-12-22(13-11-21)27-17-23(18-29-32-30-28(36-29)9-8-16-31-30)25-19-24(35-5)14-15-26(25)33(27)3/h8-19H,6-7,20H2,1-5H3/q+1/b23-18+. The summed E-state index contributed by atoms with van der Waals surface area (Å²) in [5, 5.41) is 0. The van der Waals surface area contributed by atoms with Crippen molar-refractivity contribution >= 4 is 34.3 Å². The first-order valence-corrected chi connectivity index (χ1v) is 12.4. The zero-order chi connectivity index (χ0) is 25.3. The molecule has 0 N–H and O–H groups in total. The van der Waals surface area contributed by atoms with Crippen LogP contribution < -0.4 is 9.64 Å². The topological polar surface area (TPSA) is 51.4 Å². The van der Waals surface area contributed by atoms with E-state index in [9.17, 15) is 0 Å². The van der Waals surface area contributed by atoms with E-state index in [1.165, 1.54) is 5.56 Å². The minimum atomic E-state index is 0.527. The highest BCUT2D eigenvalue weighted by atomic mass is 16.5. The normalized spacial score (nSPS) is 14.8. The molecule has 0 amide bonds. The van der Waals surface area contributed by atoms with Crippen LogP contribution in [0.5, 0.6) is 5.75 Å². The number of pyridine rings is 1. The fourth-order valence-electron chi connectivity index (χ4n) is 4.66. The molecule has 184 valence electrons. The van der Waals surface area contributed by atoms with Crippen molar-refractivity contribution in [3.05, 3.63) is 89.5 Å². The fourth-order valence-corrected chi connectivity index (χ4v) is 4.66. The highest BCUT2D eigenvalue weighted by Crippen LogP contribution is 2.41. The van der Waals surface area contributed by atoms with Crippen LogP contribution in [0.4, 0.5) is 5.69 Å². The maximum atomic E-state index is 5.97. The van der Waals surface area contributed by atoms with Crippen molar-refractivity contribution in [2.75, 3.05) is 39.2 Å². The number of hydrogen-bond donors (Lipinski definition) is 0. The summed E-state index contributed by atoms with van der Waals surface area (Å²) < 4.78 is 12.5. The summed E-state index contributed by atoms with van der Waals surface area (Å²) >= 11 is 0. The van der Waals surface area contributed by atoms with Crippen molar-refractivity contribution < 1.29 is 13.6 Å². The van der Waals surface area contributed by atoms with Gasteiger partial charge in [0.2, 0.25) is 5.89 Å². The molecule has 1 aliphatic heterocycles. The van der Waals surface area contributed by atoms with Gasteiger partial charge in [-0.15, -0.1) is 0 Å². The molecule has 5 rings (SSSR count). The molecular formula is C30H33N4O2+. The maximum Gasteiger partial charge on any atom is 0.222 e. The van der Waals surface area contributed by atoms with Gasteiger partial charge in [-0.1, -0.05) is 24.3 Å². The number of aromatic nitrogens is 2. The Morgan fingerprint density at radius 3 is 2.53 bits per heavy atom. The van der Waals surface area contributed by atoms with Crippen LogP contribution in [0.3, 0.4) is 0 Å². The quantitative estimate of drug-likeness (QED) is 0.292. The first-order valence-electron chi connectivity index (χ1n) is 12.4. The van der Waals surface area contributed by atoms with Gasteiger partial charge in [0, 0.05) is 41.8 Å². The highest BCUT2D eigenvalue weighted by Gasteiger charge is 2.23. The Kier molecular flexibility index (Phi) is 6.37. The number of methoxy groups -OCH3 is 1. The van der Waals surface area contributed by atoms with Gasteiger partial charge in [-0.25, -0.2) is 4.98 Å². The number of ether oxygens (including phenoxy) is 1. The van der Waals surface area contributed by atoms with Crippen LogP contribution in [0, 0.1) is 0 Å². The Labute approximate surface area is 212 Å². The highest BCUT2D eigenvalue weighted by molar-refractivity contribution is 6.03. The van der Waals surface area contributed by atoms with Crippen LogP contribution in [0.15, 0.2) is 71.3 Å². The smallest absolute Gasteiger partial charge is 0.222 e. The van der Waals surface area contributed by atoms with Crippen molar-refractivity contribution in [2.45, 2.75) is 20.4 Å². The molecule has 0 aliphatic carbocycles. The molecule has 0 fully saturated rings. The van der Waals surface area contributed by atoms with Crippen molar-refractivity contribution in [3.8, 4) is 5.75 Å². The second-order valence-electron chi connectivity index (χ2n) is 9.56. The predicted molar refractivity (Wildman–Crippen MR) is 146 cm³/mol. The second-order valence-corrected chi connectivity index (χ2v) is 9.56. The number of allylic oxidation sites excluding steroid dienone is 2. The summed E-state index contributed by atoms with van der Waals surface area (Å²) in [7, 11) is 6.11. The molecule has 1 aliphatic rings. The molecule has 4 aromatic rings. The van der Waals surface area contributed by atoms with Gasteiger partial charge in [-0.3, -0.25) is 0 Å². The molecule has 0 radical (unpaired) electrons. The number of rotatable bonds is 7. The van der Waals surface area contributed by atoms with Crippen LogP contribution in [0.2, 0.25) is 0 Å². The largest absolute Gasteiger partial charge is 0.497 e. The molecule has 36 heavy (non-hydrogen) atoms. The first-order chi connectivity index (χ1) is 17.4. The van der Waals surface area contributed by atoms with Gasteiger partial charge >= 0.3 is 0 Å². The van der Waals surface area contributed by atoms with E-state index in [1.807, 2.05) is 24.3 Å². The van der Waals surface area contributed by atoms with Crippen molar-refractivity contribution in [1.29, 1.82) is 0 Å². The summed E-state index contributed by atoms with van der Waals surface area (Å²) in [4.78, 5) is 11.1. The first kappa shape index (κ1) is 23.8. The Hall–Kier alpha value is -3.90. The third kappa shape index (κ3) is 4.52. The van der Waals surface area contributed by atoms with E-state index in [0.717, 1.165) is 58.0 Å². The fraction of sp³-hybridized carbons (Fsp3) is 0.267. The Morgan fingerprint density at radius 1 is 1.06 bits per heavy atom. The van der Waals surface area contributed by atoms with Gasteiger partial charge < -0.3 is 18.5 Å². The Balaban J connectivity index is 1.57. The van der Waals surface area contributed by atoms with Gasteiger partial charge in [-0.2, -0.15) is 4.98 Å². The lowest BCUT2D eigenvalue weighted by Gasteiger charge is -2.33. The predicted octanol–water partition coefficient (Wildman–Crippen LogP) is 6.25.